The van der Waals surface area contributed by atoms with Gasteiger partial charge in [-0.2, -0.15) is 0 Å². The number of alkyl halides is 2. The van der Waals surface area contributed by atoms with E-state index in [1.165, 1.54) is 13.2 Å². The second kappa shape index (κ2) is 11.1. The highest BCUT2D eigenvalue weighted by Crippen LogP contribution is 2.49. The molecular weight excluding hydrogens is 526 g/mol. The van der Waals surface area contributed by atoms with Gasteiger partial charge in [0, 0.05) is 46.3 Å². The van der Waals surface area contributed by atoms with Crippen LogP contribution in [0.2, 0.25) is 5.02 Å². The summed E-state index contributed by atoms with van der Waals surface area (Å²) in [5, 5.41) is 3.82. The predicted octanol–water partition coefficient (Wildman–Crippen LogP) is 4.98. The zero-order valence-corrected chi connectivity index (χ0v) is 22.3. The van der Waals surface area contributed by atoms with Crippen molar-refractivity contribution in [2.75, 3.05) is 13.7 Å². The van der Waals surface area contributed by atoms with Gasteiger partial charge in [0.2, 0.25) is 5.91 Å². The van der Waals surface area contributed by atoms with Gasteiger partial charge in [0.15, 0.2) is 17.9 Å². The van der Waals surface area contributed by atoms with E-state index in [4.69, 9.17) is 26.8 Å². The van der Waals surface area contributed by atoms with Gasteiger partial charge in [0.25, 0.3) is 0 Å². The zero-order chi connectivity index (χ0) is 27.7. The molecule has 3 N–H and O–H groups in total. The van der Waals surface area contributed by atoms with Gasteiger partial charge < -0.3 is 20.5 Å². The first-order chi connectivity index (χ1) is 18.7. The molecule has 1 amide bonds. The SMILES string of the molecule is COC(=O)[C@H]1CC[C@@H](NC[C@@]2(c3ccccc3)Cc3c(ccc(Cl)c3C3=C(C(N)=O)C=CC(F)C3F)O2)CC1. The third-order valence-corrected chi connectivity index (χ3v) is 8.37. The molecule has 1 saturated carbocycles. The highest BCUT2D eigenvalue weighted by Gasteiger charge is 2.45. The van der Waals surface area contributed by atoms with Crippen LogP contribution in [0.25, 0.3) is 5.57 Å². The molecule has 39 heavy (non-hydrogen) atoms. The molecule has 5 rings (SSSR count). The van der Waals surface area contributed by atoms with Gasteiger partial charge in [0.05, 0.1) is 13.0 Å². The molecule has 0 radical (unpaired) electrons. The number of benzene rings is 2. The minimum Gasteiger partial charge on any atom is -0.481 e. The van der Waals surface area contributed by atoms with Crippen LogP contribution in [-0.2, 0) is 26.3 Å². The Hall–Kier alpha value is -3.23. The normalized spacial score (nSPS) is 28.1. The second-order valence-electron chi connectivity index (χ2n) is 10.4. The molecule has 0 saturated heterocycles. The van der Waals surface area contributed by atoms with Crippen LogP contribution in [-0.4, -0.2) is 43.9 Å². The largest absolute Gasteiger partial charge is 0.481 e. The lowest BCUT2D eigenvalue weighted by atomic mass is 9.82. The number of halogens is 3. The molecule has 2 unspecified atom stereocenters. The molecule has 206 valence electrons. The van der Waals surface area contributed by atoms with Crippen molar-refractivity contribution < 1.29 is 27.8 Å². The van der Waals surface area contributed by atoms with Crippen LogP contribution < -0.4 is 15.8 Å². The molecule has 1 aliphatic heterocycles. The number of nitrogens with one attached hydrogen (secondary N) is 1. The molecule has 0 aromatic heterocycles. The third kappa shape index (κ3) is 5.20. The fourth-order valence-corrected chi connectivity index (χ4v) is 6.26. The number of rotatable bonds is 7. The molecule has 3 atom stereocenters. The van der Waals surface area contributed by atoms with Crippen molar-refractivity contribution in [2.24, 2.45) is 11.7 Å². The highest BCUT2D eigenvalue weighted by atomic mass is 35.5. The van der Waals surface area contributed by atoms with E-state index in [1.54, 1.807) is 12.1 Å². The van der Waals surface area contributed by atoms with Crippen LogP contribution in [0.3, 0.4) is 0 Å². The standard InChI is InChI=1S/C30H31ClF2N2O4/c1-38-29(37)17-7-9-19(10-8-17)35-16-30(18-5-3-2-4-6-18)15-21-24(39-30)14-12-22(31)25(21)26-20(28(34)36)11-13-23(32)27(26)33/h2-6,11-14,17,19,23,27,35H,7-10,15-16H2,1H3,(H2,34,36)/t17-,19+,23?,27?,30-/m1/s1. The molecule has 2 aromatic carbocycles. The maximum absolute atomic E-state index is 15.4. The summed E-state index contributed by atoms with van der Waals surface area (Å²) in [7, 11) is 1.41. The molecule has 9 heteroatoms. The fourth-order valence-electron chi connectivity index (χ4n) is 5.98. The molecule has 2 aliphatic carbocycles. The number of hydrogen-bond donors (Lipinski definition) is 2. The minimum absolute atomic E-state index is 0.0851. The summed E-state index contributed by atoms with van der Waals surface area (Å²) in [6, 6.07) is 13.2. The Bertz CT molecular complexity index is 1320. The van der Waals surface area contributed by atoms with Crippen molar-refractivity contribution in [3.63, 3.8) is 0 Å². The van der Waals surface area contributed by atoms with Crippen molar-refractivity contribution >= 4 is 29.1 Å². The maximum Gasteiger partial charge on any atom is 0.308 e. The number of allylic oxidation sites excluding steroid dienone is 2. The number of esters is 1. The van der Waals surface area contributed by atoms with Crippen molar-refractivity contribution in [3.8, 4) is 5.75 Å². The second-order valence-corrected chi connectivity index (χ2v) is 10.8. The number of methoxy groups -OCH3 is 1. The van der Waals surface area contributed by atoms with Crippen molar-refractivity contribution in [2.45, 2.75) is 56.1 Å². The van der Waals surface area contributed by atoms with Crippen LogP contribution in [0, 0.1) is 5.92 Å². The predicted molar refractivity (Wildman–Crippen MR) is 145 cm³/mol. The summed E-state index contributed by atoms with van der Waals surface area (Å²) >= 11 is 6.60. The lowest BCUT2D eigenvalue weighted by Crippen LogP contribution is -2.47. The van der Waals surface area contributed by atoms with Gasteiger partial charge in [-0.1, -0.05) is 48.0 Å². The van der Waals surface area contributed by atoms with E-state index in [9.17, 15) is 14.0 Å². The molecule has 0 spiro atoms. The molecular formula is C30H31ClF2N2O4. The van der Waals surface area contributed by atoms with E-state index < -0.39 is 23.9 Å². The first kappa shape index (κ1) is 27.3. The van der Waals surface area contributed by atoms with E-state index in [0.29, 0.717) is 24.3 Å². The Morgan fingerprint density at radius 1 is 1.13 bits per heavy atom. The molecule has 2 aromatic rings. The summed E-state index contributed by atoms with van der Waals surface area (Å²) in [4.78, 5) is 24.2. The first-order valence-electron chi connectivity index (χ1n) is 13.1. The summed E-state index contributed by atoms with van der Waals surface area (Å²) in [6.45, 7) is 0.433. The van der Waals surface area contributed by atoms with E-state index in [2.05, 4.69) is 5.32 Å². The topological polar surface area (TPSA) is 90.6 Å². The minimum atomic E-state index is -2.10. The monoisotopic (exact) mass is 556 g/mol. The van der Waals surface area contributed by atoms with Gasteiger partial charge in [-0.05, 0) is 49.5 Å². The summed E-state index contributed by atoms with van der Waals surface area (Å²) in [5.41, 5.74) is 6.20. The fraction of sp³-hybridized carbons (Fsp3) is 0.400. The number of nitrogens with two attached hydrogens (primary N) is 1. The Morgan fingerprint density at radius 2 is 1.85 bits per heavy atom. The van der Waals surface area contributed by atoms with Crippen LogP contribution in [0.4, 0.5) is 8.78 Å². The number of amides is 1. The van der Waals surface area contributed by atoms with Gasteiger partial charge in [-0.25, -0.2) is 8.78 Å². The molecule has 1 heterocycles. The molecule has 3 aliphatic rings. The Labute approximate surface area is 231 Å². The van der Waals surface area contributed by atoms with E-state index in [1.807, 2.05) is 30.3 Å². The number of primary amides is 1. The van der Waals surface area contributed by atoms with Crippen LogP contribution >= 0.6 is 11.6 Å². The maximum atomic E-state index is 15.4. The summed E-state index contributed by atoms with van der Waals surface area (Å²) in [6.07, 6.45) is 1.61. The summed E-state index contributed by atoms with van der Waals surface area (Å²) in [5.74, 6) is -0.625. The van der Waals surface area contributed by atoms with Crippen LogP contribution in [0.1, 0.15) is 42.4 Å². The van der Waals surface area contributed by atoms with E-state index in [0.717, 1.165) is 37.3 Å². The number of fused-ring (bicyclic) bond motifs is 1. The van der Waals surface area contributed by atoms with Gasteiger partial charge in [-0.3, -0.25) is 9.59 Å². The third-order valence-electron chi connectivity index (χ3n) is 8.05. The average molecular weight is 557 g/mol. The Morgan fingerprint density at radius 3 is 2.51 bits per heavy atom. The molecule has 6 nitrogen and oxygen atoms in total. The van der Waals surface area contributed by atoms with Crippen molar-refractivity contribution in [3.05, 3.63) is 81.9 Å². The smallest absolute Gasteiger partial charge is 0.308 e. The van der Waals surface area contributed by atoms with Gasteiger partial charge >= 0.3 is 5.97 Å². The molecule has 1 fully saturated rings. The number of carbonyl (C=O) groups excluding carboxylic acids is 2. The quantitative estimate of drug-likeness (QED) is 0.470. The Kier molecular flexibility index (Phi) is 7.78. The number of hydrogen-bond acceptors (Lipinski definition) is 5. The lowest BCUT2D eigenvalue weighted by Gasteiger charge is -2.34. The Balaban J connectivity index is 1.49. The lowest BCUT2D eigenvalue weighted by molar-refractivity contribution is -0.146. The van der Waals surface area contributed by atoms with Gasteiger partial charge in [-0.15, -0.1) is 0 Å². The highest BCUT2D eigenvalue weighted by molar-refractivity contribution is 6.33. The van der Waals surface area contributed by atoms with Crippen LogP contribution in [0.5, 0.6) is 5.75 Å². The van der Waals surface area contributed by atoms with Crippen LogP contribution in [0.15, 0.2) is 60.2 Å². The van der Waals surface area contributed by atoms with Crippen molar-refractivity contribution in [1.82, 2.24) is 5.32 Å². The van der Waals surface area contributed by atoms with E-state index in [-0.39, 0.29) is 39.7 Å². The summed E-state index contributed by atoms with van der Waals surface area (Å²) < 4.78 is 41.4. The molecule has 0 bridgehead atoms. The zero-order valence-electron chi connectivity index (χ0n) is 21.6. The first-order valence-corrected chi connectivity index (χ1v) is 13.5. The number of carbonyl (C=O) groups is 2. The average Bonchev–Trinajstić information content (AvgIpc) is 3.34. The van der Waals surface area contributed by atoms with E-state index >= 15 is 4.39 Å². The number of ether oxygens (including phenoxy) is 2. The van der Waals surface area contributed by atoms with Crippen molar-refractivity contribution in [1.29, 1.82) is 0 Å². The van der Waals surface area contributed by atoms with Gasteiger partial charge in [0.1, 0.15) is 5.75 Å².